The molecule has 0 aromatic carbocycles. The average molecular weight is 224 g/mol. The number of nitrogens with zero attached hydrogens (tertiary/aromatic N) is 1. The number of rotatable bonds is 5. The number of aromatic nitrogens is 1. The number of nitrogens with one attached hydrogen (secondary N) is 1. The molecule has 2 nitrogen and oxygen atoms in total. The van der Waals surface area contributed by atoms with Gasteiger partial charge in [0.2, 0.25) is 0 Å². The Hall–Kier alpha value is -0.540. The van der Waals surface area contributed by atoms with E-state index in [1.165, 1.54) is 5.56 Å². The summed E-state index contributed by atoms with van der Waals surface area (Å²) in [5.74, 6) is 0.689. The molecule has 1 heterocycles. The topological polar surface area (TPSA) is 24.9 Å². The van der Waals surface area contributed by atoms with Gasteiger partial charge in [-0.05, 0) is 24.6 Å². The summed E-state index contributed by atoms with van der Waals surface area (Å²) in [7, 11) is 1.95. The Morgan fingerprint density at radius 1 is 1.33 bits per heavy atom. The van der Waals surface area contributed by atoms with Gasteiger partial charge in [-0.25, -0.2) is 4.98 Å². The second kappa shape index (κ2) is 6.13. The number of hydrogen-bond acceptors (Lipinski definition) is 3. The summed E-state index contributed by atoms with van der Waals surface area (Å²) in [6.07, 6.45) is 1.95. The first kappa shape index (κ1) is 12.5. The molecule has 0 aliphatic heterocycles. The van der Waals surface area contributed by atoms with Crippen LogP contribution in [0.3, 0.4) is 0 Å². The van der Waals surface area contributed by atoms with Crippen LogP contribution in [0.5, 0.6) is 0 Å². The van der Waals surface area contributed by atoms with E-state index in [4.69, 9.17) is 0 Å². The van der Waals surface area contributed by atoms with E-state index in [1.807, 2.05) is 25.0 Å². The quantitative estimate of drug-likeness (QED) is 0.778. The normalized spacial score (nSPS) is 13.1. The molecule has 1 rings (SSSR count). The van der Waals surface area contributed by atoms with Gasteiger partial charge in [-0.15, -0.1) is 11.8 Å². The zero-order chi connectivity index (χ0) is 11.3. The van der Waals surface area contributed by atoms with Crippen LogP contribution in [0.1, 0.15) is 26.3 Å². The van der Waals surface area contributed by atoms with Gasteiger partial charge in [-0.1, -0.05) is 26.8 Å². The average Bonchev–Trinajstić information content (AvgIpc) is 2.21. The van der Waals surface area contributed by atoms with Crippen LogP contribution < -0.4 is 5.32 Å². The molecule has 1 aromatic rings. The fourth-order valence-corrected chi connectivity index (χ4v) is 2.03. The molecule has 0 fully saturated rings. The molecule has 0 bridgehead atoms. The molecule has 1 N–H and O–H groups in total. The smallest absolute Gasteiger partial charge is 0.0962 e. The molecule has 84 valence electrons. The highest BCUT2D eigenvalue weighted by atomic mass is 32.2. The van der Waals surface area contributed by atoms with Gasteiger partial charge in [0.05, 0.1) is 5.03 Å². The number of hydrogen-bond donors (Lipinski definition) is 1. The third kappa shape index (κ3) is 4.22. The summed E-state index contributed by atoms with van der Waals surface area (Å²) in [6.45, 7) is 7.62. The molecule has 1 aromatic heterocycles. The Kier molecular flexibility index (Phi) is 5.12. The molecule has 3 heteroatoms. The molecule has 0 spiro atoms. The van der Waals surface area contributed by atoms with Gasteiger partial charge in [0.1, 0.15) is 0 Å². The van der Waals surface area contributed by atoms with Gasteiger partial charge < -0.3 is 5.32 Å². The van der Waals surface area contributed by atoms with Crippen molar-refractivity contribution in [2.24, 2.45) is 5.92 Å². The second-order valence-corrected chi connectivity index (χ2v) is 5.50. The van der Waals surface area contributed by atoms with Crippen molar-refractivity contribution in [3.63, 3.8) is 0 Å². The summed E-state index contributed by atoms with van der Waals surface area (Å²) in [4.78, 5) is 4.44. The fraction of sp³-hybridized carbons (Fsp3) is 0.583. The lowest BCUT2D eigenvalue weighted by Crippen LogP contribution is -2.07. The Bertz CT molecular complexity index is 282. The van der Waals surface area contributed by atoms with E-state index in [2.05, 4.69) is 43.2 Å². The molecule has 0 aliphatic carbocycles. The lowest BCUT2D eigenvalue weighted by atomic mass is 10.2. The molecular weight excluding hydrogens is 204 g/mol. The zero-order valence-corrected chi connectivity index (χ0v) is 10.8. The summed E-state index contributed by atoms with van der Waals surface area (Å²) >= 11 is 1.85. The predicted molar refractivity (Wildman–Crippen MR) is 67.2 cm³/mol. The van der Waals surface area contributed by atoms with Gasteiger partial charge in [-0.3, -0.25) is 0 Å². The van der Waals surface area contributed by atoms with E-state index in [0.717, 1.165) is 11.6 Å². The van der Waals surface area contributed by atoms with Gasteiger partial charge in [0, 0.05) is 18.0 Å². The molecule has 0 radical (unpaired) electrons. The molecule has 15 heavy (non-hydrogen) atoms. The lowest BCUT2D eigenvalue weighted by Gasteiger charge is -2.14. The van der Waals surface area contributed by atoms with Crippen LogP contribution in [0.25, 0.3) is 0 Å². The SMILES string of the molecule is CNCc1ccc(SC(C)C(C)C)nc1. The standard InChI is InChI=1S/C12H20N2S/c1-9(2)10(3)15-12-6-5-11(7-13-4)8-14-12/h5-6,8-10,13H,7H2,1-4H3. The van der Waals surface area contributed by atoms with Crippen LogP contribution in [0.4, 0.5) is 0 Å². The molecule has 0 aliphatic rings. The molecular formula is C12H20N2S. The summed E-state index contributed by atoms with van der Waals surface area (Å²) < 4.78 is 0. The minimum atomic E-state index is 0.618. The van der Waals surface area contributed by atoms with Crippen LogP contribution in [-0.2, 0) is 6.54 Å². The first-order chi connectivity index (χ1) is 7.13. The van der Waals surface area contributed by atoms with Crippen LogP contribution in [0, 0.1) is 5.92 Å². The van der Waals surface area contributed by atoms with Crippen LogP contribution in [-0.4, -0.2) is 17.3 Å². The highest BCUT2D eigenvalue weighted by Crippen LogP contribution is 2.25. The predicted octanol–water partition coefficient (Wildman–Crippen LogP) is 2.94. The number of pyridine rings is 1. The highest BCUT2D eigenvalue weighted by Gasteiger charge is 2.09. The van der Waals surface area contributed by atoms with Crippen molar-refractivity contribution in [1.29, 1.82) is 0 Å². The lowest BCUT2D eigenvalue weighted by molar-refractivity contribution is 0.641. The van der Waals surface area contributed by atoms with Crippen molar-refractivity contribution < 1.29 is 0 Å². The Morgan fingerprint density at radius 3 is 2.53 bits per heavy atom. The maximum absolute atomic E-state index is 4.44. The van der Waals surface area contributed by atoms with E-state index >= 15 is 0 Å². The summed E-state index contributed by atoms with van der Waals surface area (Å²) in [5.41, 5.74) is 1.24. The zero-order valence-electron chi connectivity index (χ0n) is 9.95. The number of thioether (sulfide) groups is 1. The van der Waals surface area contributed by atoms with Gasteiger partial charge >= 0.3 is 0 Å². The van der Waals surface area contributed by atoms with Gasteiger partial charge in [-0.2, -0.15) is 0 Å². The fourth-order valence-electron chi connectivity index (χ4n) is 1.12. The first-order valence-electron chi connectivity index (χ1n) is 5.39. The molecule has 0 saturated carbocycles. The minimum absolute atomic E-state index is 0.618. The van der Waals surface area contributed by atoms with Gasteiger partial charge in [0.25, 0.3) is 0 Å². The molecule has 0 amide bonds. The van der Waals surface area contributed by atoms with Crippen molar-refractivity contribution in [2.45, 2.75) is 37.6 Å². The maximum atomic E-state index is 4.44. The minimum Gasteiger partial charge on any atom is -0.316 e. The second-order valence-electron chi connectivity index (χ2n) is 4.10. The van der Waals surface area contributed by atoms with Crippen molar-refractivity contribution in [2.75, 3.05) is 7.05 Å². The first-order valence-corrected chi connectivity index (χ1v) is 6.27. The monoisotopic (exact) mass is 224 g/mol. The maximum Gasteiger partial charge on any atom is 0.0962 e. The van der Waals surface area contributed by atoms with E-state index in [-0.39, 0.29) is 0 Å². The van der Waals surface area contributed by atoms with E-state index in [0.29, 0.717) is 11.2 Å². The Labute approximate surface area is 96.9 Å². The van der Waals surface area contributed by atoms with E-state index in [9.17, 15) is 0 Å². The third-order valence-electron chi connectivity index (χ3n) is 2.42. The largest absolute Gasteiger partial charge is 0.316 e. The van der Waals surface area contributed by atoms with Crippen LogP contribution in [0.15, 0.2) is 23.4 Å². The Morgan fingerprint density at radius 2 is 2.07 bits per heavy atom. The third-order valence-corrected chi connectivity index (χ3v) is 3.82. The molecule has 0 saturated heterocycles. The molecule has 1 unspecified atom stereocenters. The van der Waals surface area contributed by atoms with Crippen molar-refractivity contribution >= 4 is 11.8 Å². The van der Waals surface area contributed by atoms with Crippen LogP contribution >= 0.6 is 11.8 Å². The van der Waals surface area contributed by atoms with E-state index in [1.54, 1.807) is 0 Å². The van der Waals surface area contributed by atoms with Gasteiger partial charge in [0.15, 0.2) is 0 Å². The van der Waals surface area contributed by atoms with Crippen molar-refractivity contribution in [1.82, 2.24) is 10.3 Å². The highest BCUT2D eigenvalue weighted by molar-refractivity contribution is 7.99. The molecule has 1 atom stereocenters. The summed E-state index contributed by atoms with van der Waals surface area (Å²) in [5, 5.41) is 4.86. The Balaban J connectivity index is 2.56. The summed E-state index contributed by atoms with van der Waals surface area (Å²) in [6, 6.07) is 4.25. The van der Waals surface area contributed by atoms with Crippen LogP contribution in [0.2, 0.25) is 0 Å². The van der Waals surface area contributed by atoms with E-state index < -0.39 is 0 Å². The van der Waals surface area contributed by atoms with Crippen molar-refractivity contribution in [3.8, 4) is 0 Å². The van der Waals surface area contributed by atoms with Crippen molar-refractivity contribution in [3.05, 3.63) is 23.9 Å².